The molecule has 0 spiro atoms. The van der Waals surface area contributed by atoms with Crippen LogP contribution in [-0.4, -0.2) is 6.10 Å². The average Bonchev–Trinajstić information content (AvgIpc) is 2.13. The molecule has 1 atom stereocenters. The van der Waals surface area contributed by atoms with Gasteiger partial charge in [-0.25, -0.2) is 5.84 Å². The molecule has 1 unspecified atom stereocenters. The Balaban J connectivity index is 3.33. The Morgan fingerprint density at radius 1 is 1.08 bits per heavy atom. The van der Waals surface area contributed by atoms with Crippen molar-refractivity contribution in [2.24, 2.45) is 5.84 Å². The van der Waals surface area contributed by atoms with Crippen molar-refractivity contribution in [3.8, 4) is 0 Å². The molecule has 0 rings (SSSR count). The summed E-state index contributed by atoms with van der Waals surface area (Å²) >= 11 is 0. The van der Waals surface area contributed by atoms with E-state index in [0.29, 0.717) is 6.10 Å². The molecule has 0 aromatic carbocycles. The summed E-state index contributed by atoms with van der Waals surface area (Å²) in [7, 11) is 0. The zero-order valence-corrected chi connectivity index (χ0v) is 9.01. The van der Waals surface area contributed by atoms with Gasteiger partial charge < -0.3 is 0 Å². The van der Waals surface area contributed by atoms with E-state index >= 15 is 0 Å². The zero-order valence-electron chi connectivity index (χ0n) is 9.01. The molecule has 0 bridgehead atoms. The number of unbranched alkanes of at least 4 members (excludes halogenated alkanes) is 3. The van der Waals surface area contributed by atoms with Crippen molar-refractivity contribution in [2.75, 3.05) is 0 Å². The number of hydrogen-bond acceptors (Lipinski definition) is 3. The molecule has 3 heteroatoms. The molecule has 3 nitrogen and oxygen atoms in total. The molecule has 0 aromatic heterocycles. The summed E-state index contributed by atoms with van der Waals surface area (Å²) < 4.78 is 0. The lowest BCUT2D eigenvalue weighted by Crippen LogP contribution is -2.29. The number of hydrogen-bond donors (Lipinski definition) is 2. The van der Waals surface area contributed by atoms with E-state index in [4.69, 9.17) is 10.7 Å². The van der Waals surface area contributed by atoms with Crippen molar-refractivity contribution >= 4 is 0 Å². The van der Waals surface area contributed by atoms with Gasteiger partial charge in [-0.05, 0) is 12.8 Å². The van der Waals surface area contributed by atoms with Gasteiger partial charge in [0.05, 0.1) is 6.10 Å². The Hall–Kier alpha value is -0.120. The van der Waals surface area contributed by atoms with Gasteiger partial charge in [-0.3, -0.25) is 4.84 Å². The fraction of sp³-hybridized carbons (Fsp3) is 1.00. The Bertz CT molecular complexity index is 92.9. The predicted octanol–water partition coefficient (Wildman–Crippen LogP) is 2.52. The Labute approximate surface area is 82.0 Å². The minimum atomic E-state index is 0.298. The molecule has 13 heavy (non-hydrogen) atoms. The summed E-state index contributed by atoms with van der Waals surface area (Å²) in [5, 5.41) is 0. The van der Waals surface area contributed by atoms with Crippen molar-refractivity contribution < 1.29 is 4.84 Å². The molecular formula is C10H24N2O. The lowest BCUT2D eigenvalue weighted by atomic mass is 10.1. The van der Waals surface area contributed by atoms with Crippen LogP contribution in [0.25, 0.3) is 0 Å². The summed E-state index contributed by atoms with van der Waals surface area (Å²) in [6.45, 7) is 4.39. The van der Waals surface area contributed by atoms with E-state index in [2.05, 4.69) is 19.4 Å². The quantitative estimate of drug-likeness (QED) is 0.332. The fourth-order valence-electron chi connectivity index (χ4n) is 1.48. The van der Waals surface area contributed by atoms with Crippen LogP contribution in [0, 0.1) is 0 Å². The van der Waals surface area contributed by atoms with Gasteiger partial charge in [0.2, 0.25) is 0 Å². The predicted molar refractivity (Wildman–Crippen MR) is 55.9 cm³/mol. The summed E-state index contributed by atoms with van der Waals surface area (Å²) in [6, 6.07) is 0. The first-order valence-electron chi connectivity index (χ1n) is 5.46. The first kappa shape index (κ1) is 12.9. The smallest absolute Gasteiger partial charge is 0.0806 e. The van der Waals surface area contributed by atoms with Crippen LogP contribution < -0.4 is 11.4 Å². The van der Waals surface area contributed by atoms with Gasteiger partial charge in [0.25, 0.3) is 0 Å². The molecule has 0 aliphatic heterocycles. The lowest BCUT2D eigenvalue weighted by Gasteiger charge is -2.14. The normalized spacial score (nSPS) is 13.2. The maximum atomic E-state index is 5.19. The first-order chi connectivity index (χ1) is 6.35. The van der Waals surface area contributed by atoms with Gasteiger partial charge in [0.15, 0.2) is 0 Å². The summed E-state index contributed by atoms with van der Waals surface area (Å²) in [4.78, 5) is 5.19. The molecular weight excluding hydrogens is 164 g/mol. The molecule has 0 saturated carbocycles. The Morgan fingerprint density at radius 2 is 1.85 bits per heavy atom. The van der Waals surface area contributed by atoms with Crippen LogP contribution in [0.4, 0.5) is 0 Å². The van der Waals surface area contributed by atoms with E-state index in [1.54, 1.807) is 0 Å². The highest BCUT2D eigenvalue weighted by atomic mass is 16.7. The molecule has 0 fully saturated rings. The van der Waals surface area contributed by atoms with Crippen LogP contribution in [0.15, 0.2) is 0 Å². The summed E-state index contributed by atoms with van der Waals surface area (Å²) in [6.07, 6.45) is 8.84. The standard InChI is InChI=1S/C10H24N2O/c1-3-5-6-7-9-10(8-4-2)13-12-11/h10,12H,3-9,11H2,1-2H3. The first-order valence-corrected chi connectivity index (χ1v) is 5.46. The summed E-state index contributed by atoms with van der Waals surface area (Å²) in [5.41, 5.74) is 2.29. The molecule has 3 N–H and O–H groups in total. The molecule has 0 heterocycles. The van der Waals surface area contributed by atoms with Crippen LogP contribution in [0.5, 0.6) is 0 Å². The molecule has 0 aliphatic rings. The number of rotatable bonds is 9. The van der Waals surface area contributed by atoms with Gasteiger partial charge in [0.1, 0.15) is 0 Å². The van der Waals surface area contributed by atoms with Gasteiger partial charge in [-0.1, -0.05) is 46.0 Å². The highest BCUT2D eigenvalue weighted by molar-refractivity contribution is 4.56. The third-order valence-electron chi connectivity index (χ3n) is 2.23. The van der Waals surface area contributed by atoms with Gasteiger partial charge in [-0.15, -0.1) is 5.59 Å². The monoisotopic (exact) mass is 188 g/mol. The average molecular weight is 188 g/mol. The van der Waals surface area contributed by atoms with E-state index < -0.39 is 0 Å². The van der Waals surface area contributed by atoms with Crippen LogP contribution in [0.3, 0.4) is 0 Å². The highest BCUT2D eigenvalue weighted by Gasteiger charge is 2.06. The maximum absolute atomic E-state index is 5.19. The second kappa shape index (κ2) is 9.96. The Kier molecular flexibility index (Phi) is 9.87. The minimum absolute atomic E-state index is 0.298. The maximum Gasteiger partial charge on any atom is 0.0806 e. The number of hydrazine groups is 1. The third-order valence-corrected chi connectivity index (χ3v) is 2.23. The Morgan fingerprint density at radius 3 is 2.38 bits per heavy atom. The number of nitrogens with two attached hydrogens (primary N) is 1. The van der Waals surface area contributed by atoms with Gasteiger partial charge in [0, 0.05) is 0 Å². The number of nitrogens with one attached hydrogen (secondary N) is 1. The molecule has 0 radical (unpaired) electrons. The van der Waals surface area contributed by atoms with Crippen molar-refractivity contribution in [1.29, 1.82) is 0 Å². The van der Waals surface area contributed by atoms with E-state index in [0.717, 1.165) is 19.3 Å². The molecule has 0 aromatic rings. The molecule has 0 aliphatic carbocycles. The van der Waals surface area contributed by atoms with Crippen LogP contribution >= 0.6 is 0 Å². The van der Waals surface area contributed by atoms with Crippen LogP contribution in [0.1, 0.15) is 58.8 Å². The van der Waals surface area contributed by atoms with Crippen LogP contribution in [-0.2, 0) is 4.84 Å². The topological polar surface area (TPSA) is 47.3 Å². The lowest BCUT2D eigenvalue weighted by molar-refractivity contribution is -0.0347. The van der Waals surface area contributed by atoms with E-state index in [-0.39, 0.29) is 0 Å². The second-order valence-electron chi connectivity index (χ2n) is 3.50. The van der Waals surface area contributed by atoms with Crippen molar-refractivity contribution in [2.45, 2.75) is 64.9 Å². The van der Waals surface area contributed by atoms with E-state index in [1.807, 2.05) is 0 Å². The van der Waals surface area contributed by atoms with E-state index in [1.165, 1.54) is 25.7 Å². The SMILES string of the molecule is CCCCCCC(CCC)ONN. The zero-order chi connectivity index (χ0) is 9.94. The van der Waals surface area contributed by atoms with Crippen molar-refractivity contribution in [1.82, 2.24) is 5.59 Å². The van der Waals surface area contributed by atoms with Crippen molar-refractivity contribution in [3.63, 3.8) is 0 Å². The van der Waals surface area contributed by atoms with E-state index in [9.17, 15) is 0 Å². The fourth-order valence-corrected chi connectivity index (χ4v) is 1.48. The van der Waals surface area contributed by atoms with Crippen molar-refractivity contribution in [3.05, 3.63) is 0 Å². The van der Waals surface area contributed by atoms with Gasteiger partial charge in [-0.2, -0.15) is 0 Å². The minimum Gasteiger partial charge on any atom is -0.284 e. The van der Waals surface area contributed by atoms with Crippen LogP contribution in [0.2, 0.25) is 0 Å². The van der Waals surface area contributed by atoms with Gasteiger partial charge >= 0.3 is 0 Å². The molecule has 80 valence electrons. The summed E-state index contributed by atoms with van der Waals surface area (Å²) in [5.74, 6) is 5.12. The molecule has 0 amide bonds. The second-order valence-corrected chi connectivity index (χ2v) is 3.50. The molecule has 0 saturated heterocycles. The largest absolute Gasteiger partial charge is 0.284 e. The third kappa shape index (κ3) is 8.22. The highest BCUT2D eigenvalue weighted by Crippen LogP contribution is 2.11.